The molecule has 2 heterocycles. The van der Waals surface area contributed by atoms with Gasteiger partial charge in [0.15, 0.2) is 9.84 Å². The number of piperidine rings is 1. The molecule has 0 aromatic heterocycles. The van der Waals surface area contributed by atoms with Gasteiger partial charge in [0.1, 0.15) is 0 Å². The lowest BCUT2D eigenvalue weighted by Crippen LogP contribution is -2.48. The summed E-state index contributed by atoms with van der Waals surface area (Å²) in [5.41, 5.74) is 1.19. The summed E-state index contributed by atoms with van der Waals surface area (Å²) in [6, 6.07) is 15.5. The van der Waals surface area contributed by atoms with Crippen molar-refractivity contribution in [3.8, 4) is 0 Å². The van der Waals surface area contributed by atoms with Crippen molar-refractivity contribution < 1.29 is 17.9 Å². The van der Waals surface area contributed by atoms with Crippen molar-refractivity contribution >= 4 is 15.7 Å². The van der Waals surface area contributed by atoms with Crippen LogP contribution in [0.15, 0.2) is 59.5 Å². The molecule has 0 aliphatic carbocycles. The minimum Gasteiger partial charge on any atom is -0.373 e. The Morgan fingerprint density at radius 2 is 1.64 bits per heavy atom. The first-order valence-electron chi connectivity index (χ1n) is 11.8. The molecular weight excluding hydrogens is 436 g/mol. The molecule has 0 spiro atoms. The molecule has 2 aliphatic rings. The van der Waals surface area contributed by atoms with E-state index in [2.05, 4.69) is 18.7 Å². The molecule has 2 fully saturated rings. The largest absolute Gasteiger partial charge is 0.373 e. The van der Waals surface area contributed by atoms with Crippen LogP contribution in [0.3, 0.4) is 0 Å². The number of hydrogen-bond donors (Lipinski definition) is 0. The maximum absolute atomic E-state index is 13.1. The lowest BCUT2D eigenvalue weighted by molar-refractivity contribution is -0.0728. The highest BCUT2D eigenvalue weighted by Crippen LogP contribution is 2.23. The van der Waals surface area contributed by atoms with Gasteiger partial charge in [-0.1, -0.05) is 30.3 Å². The highest BCUT2D eigenvalue weighted by atomic mass is 32.2. The Balaban J connectivity index is 1.34. The van der Waals surface area contributed by atoms with Gasteiger partial charge in [0.2, 0.25) is 0 Å². The summed E-state index contributed by atoms with van der Waals surface area (Å²) in [5.74, 6) is 0.464. The number of nitrogens with zero attached hydrogens (tertiary/aromatic N) is 2. The van der Waals surface area contributed by atoms with Crippen molar-refractivity contribution in [1.82, 2.24) is 9.80 Å². The van der Waals surface area contributed by atoms with E-state index in [9.17, 15) is 13.2 Å². The van der Waals surface area contributed by atoms with E-state index in [1.807, 2.05) is 4.90 Å². The molecule has 0 N–H and O–H groups in total. The lowest BCUT2D eigenvalue weighted by atomic mass is 9.95. The van der Waals surface area contributed by atoms with Gasteiger partial charge in [-0.25, -0.2) is 8.42 Å². The molecule has 178 valence electrons. The fourth-order valence-corrected chi connectivity index (χ4v) is 6.38. The molecule has 2 saturated heterocycles. The lowest BCUT2D eigenvalue weighted by Gasteiger charge is -2.39. The van der Waals surface area contributed by atoms with Gasteiger partial charge in [-0.2, -0.15) is 0 Å². The first-order chi connectivity index (χ1) is 15.8. The molecule has 0 radical (unpaired) electrons. The summed E-state index contributed by atoms with van der Waals surface area (Å²) in [6.45, 7) is 8.75. The predicted molar refractivity (Wildman–Crippen MR) is 129 cm³/mol. The van der Waals surface area contributed by atoms with E-state index >= 15 is 0 Å². The molecule has 0 saturated carbocycles. The van der Waals surface area contributed by atoms with Gasteiger partial charge in [0, 0.05) is 38.3 Å². The van der Waals surface area contributed by atoms with E-state index in [0.29, 0.717) is 21.9 Å². The van der Waals surface area contributed by atoms with Gasteiger partial charge in [-0.15, -0.1) is 0 Å². The summed E-state index contributed by atoms with van der Waals surface area (Å²) in [7, 11) is -3.45. The summed E-state index contributed by atoms with van der Waals surface area (Å²) in [5, 5.41) is 0. The third-order valence-electron chi connectivity index (χ3n) is 6.55. The topological polar surface area (TPSA) is 66.9 Å². The normalized spacial score (nSPS) is 22.9. The zero-order chi connectivity index (χ0) is 23.4. The first kappa shape index (κ1) is 23.9. The molecule has 4 rings (SSSR count). The quantitative estimate of drug-likeness (QED) is 0.645. The van der Waals surface area contributed by atoms with Crippen molar-refractivity contribution in [3.05, 3.63) is 65.7 Å². The monoisotopic (exact) mass is 470 g/mol. The van der Waals surface area contributed by atoms with Crippen molar-refractivity contribution in [2.45, 2.75) is 49.5 Å². The van der Waals surface area contributed by atoms with Crippen molar-refractivity contribution in [2.24, 2.45) is 5.92 Å². The van der Waals surface area contributed by atoms with Gasteiger partial charge in [0.25, 0.3) is 5.91 Å². The van der Waals surface area contributed by atoms with E-state index in [1.165, 1.54) is 0 Å². The van der Waals surface area contributed by atoms with Crippen LogP contribution in [-0.4, -0.2) is 69.1 Å². The fourth-order valence-electron chi connectivity index (χ4n) is 5.02. The van der Waals surface area contributed by atoms with Crippen LogP contribution < -0.4 is 0 Å². The number of carbonyl (C=O) groups is 1. The third-order valence-corrected chi connectivity index (χ3v) is 8.25. The number of benzene rings is 2. The molecule has 1 amide bonds. The highest BCUT2D eigenvalue weighted by Gasteiger charge is 2.28. The van der Waals surface area contributed by atoms with Crippen LogP contribution in [0, 0.1) is 5.92 Å². The van der Waals surface area contributed by atoms with Gasteiger partial charge in [0.05, 0.1) is 22.9 Å². The Morgan fingerprint density at radius 1 is 0.970 bits per heavy atom. The number of rotatable bonds is 6. The number of ether oxygens (including phenoxy) is 1. The Kier molecular flexibility index (Phi) is 7.51. The third kappa shape index (κ3) is 6.22. The average molecular weight is 471 g/mol. The molecule has 6 nitrogen and oxygen atoms in total. The smallest absolute Gasteiger partial charge is 0.253 e. The SMILES string of the molecule is CC1CN(CC2CCN(C(=O)c3cccc(CS(=O)(=O)c4ccccc4)c3)CC2)CC(C)O1. The second-order valence-electron chi connectivity index (χ2n) is 9.48. The van der Waals surface area contributed by atoms with Crippen molar-refractivity contribution in [1.29, 1.82) is 0 Å². The molecule has 2 aromatic rings. The minimum atomic E-state index is -3.45. The van der Waals surface area contributed by atoms with E-state index in [0.717, 1.165) is 45.6 Å². The van der Waals surface area contributed by atoms with Crippen LogP contribution in [0.4, 0.5) is 0 Å². The molecular formula is C26H34N2O4S. The summed E-state index contributed by atoms with van der Waals surface area (Å²) in [4.78, 5) is 17.8. The van der Waals surface area contributed by atoms with Crippen LogP contribution >= 0.6 is 0 Å². The Bertz CT molecular complexity index is 1040. The molecule has 7 heteroatoms. The van der Waals surface area contributed by atoms with Crippen molar-refractivity contribution in [3.63, 3.8) is 0 Å². The predicted octanol–water partition coefficient (Wildman–Crippen LogP) is 3.62. The molecule has 33 heavy (non-hydrogen) atoms. The second kappa shape index (κ2) is 10.4. The fraction of sp³-hybridized carbons (Fsp3) is 0.500. The van der Waals surface area contributed by atoms with E-state index < -0.39 is 9.84 Å². The number of morpholine rings is 1. The minimum absolute atomic E-state index is 0.0129. The Hall–Kier alpha value is -2.22. The first-order valence-corrected chi connectivity index (χ1v) is 13.5. The maximum atomic E-state index is 13.1. The van der Waals surface area contributed by atoms with Crippen LogP contribution in [-0.2, 0) is 20.3 Å². The highest BCUT2D eigenvalue weighted by molar-refractivity contribution is 7.90. The zero-order valence-electron chi connectivity index (χ0n) is 19.5. The van der Waals surface area contributed by atoms with E-state index in [4.69, 9.17) is 4.74 Å². The van der Waals surface area contributed by atoms with E-state index in [-0.39, 0.29) is 23.9 Å². The maximum Gasteiger partial charge on any atom is 0.253 e. The average Bonchev–Trinajstić information content (AvgIpc) is 2.79. The number of likely N-dealkylation sites (tertiary alicyclic amines) is 1. The van der Waals surface area contributed by atoms with Crippen molar-refractivity contribution in [2.75, 3.05) is 32.7 Å². The van der Waals surface area contributed by atoms with Gasteiger partial charge in [-0.3, -0.25) is 9.69 Å². The second-order valence-corrected chi connectivity index (χ2v) is 11.5. The van der Waals surface area contributed by atoms with Gasteiger partial charge >= 0.3 is 0 Å². The number of amides is 1. The summed E-state index contributed by atoms with van der Waals surface area (Å²) in [6.07, 6.45) is 2.53. The van der Waals surface area contributed by atoms with Gasteiger partial charge < -0.3 is 9.64 Å². The summed E-state index contributed by atoms with van der Waals surface area (Å²) >= 11 is 0. The number of sulfone groups is 1. The molecule has 2 aliphatic heterocycles. The van der Waals surface area contributed by atoms with Crippen LogP contribution in [0.25, 0.3) is 0 Å². The standard InChI is InChI=1S/C26H34N2O4S/c1-20-16-27(17-21(2)32-20)18-22-11-13-28(14-12-22)26(29)24-8-6-7-23(15-24)19-33(30,31)25-9-4-3-5-10-25/h3-10,15,20-22H,11-14,16-19H2,1-2H3. The van der Waals surface area contributed by atoms with Crippen LogP contribution in [0.1, 0.15) is 42.6 Å². The molecule has 2 atom stereocenters. The zero-order valence-corrected chi connectivity index (χ0v) is 20.3. The number of carbonyl (C=O) groups excluding carboxylic acids is 1. The molecule has 2 unspecified atom stereocenters. The van der Waals surface area contributed by atoms with Crippen LogP contribution in [0.5, 0.6) is 0 Å². The molecule has 2 aromatic carbocycles. The molecule has 0 bridgehead atoms. The Morgan fingerprint density at radius 3 is 2.30 bits per heavy atom. The number of hydrogen-bond acceptors (Lipinski definition) is 5. The van der Waals surface area contributed by atoms with E-state index in [1.54, 1.807) is 54.6 Å². The summed E-state index contributed by atoms with van der Waals surface area (Å²) < 4.78 is 31.3. The van der Waals surface area contributed by atoms with Crippen LogP contribution in [0.2, 0.25) is 0 Å². The van der Waals surface area contributed by atoms with Gasteiger partial charge in [-0.05, 0) is 62.4 Å². The Labute approximate surface area is 197 Å².